The van der Waals surface area contributed by atoms with E-state index in [0.29, 0.717) is 17.4 Å². The second kappa shape index (κ2) is 6.56. The van der Waals surface area contributed by atoms with Crippen molar-refractivity contribution in [2.45, 2.75) is 11.3 Å². The van der Waals surface area contributed by atoms with Crippen LogP contribution in [0.3, 0.4) is 0 Å². The van der Waals surface area contributed by atoms with Crippen molar-refractivity contribution in [2.24, 2.45) is 11.8 Å². The van der Waals surface area contributed by atoms with E-state index in [1.807, 2.05) is 4.90 Å². The van der Waals surface area contributed by atoms with Crippen LogP contribution in [0.2, 0.25) is 0 Å². The first-order valence-electron chi connectivity index (χ1n) is 7.25. The maximum atomic E-state index is 12.5. The molecule has 2 aliphatic heterocycles. The fourth-order valence-corrected chi connectivity index (χ4v) is 3.88. The lowest BCUT2D eigenvalue weighted by Crippen LogP contribution is -2.43. The molecule has 0 bridgehead atoms. The Labute approximate surface area is 137 Å². The third-order valence-electron chi connectivity index (χ3n) is 4.52. The summed E-state index contributed by atoms with van der Waals surface area (Å²) < 4.78 is 22.9. The fraction of sp³-hybridized carbons (Fsp3) is 0.533. The average molecular weight is 345 g/mol. The highest BCUT2D eigenvalue weighted by atomic mass is 35.5. The van der Waals surface area contributed by atoms with Crippen molar-refractivity contribution in [3.63, 3.8) is 0 Å². The molecule has 0 radical (unpaired) electrons. The molecule has 7 heteroatoms. The van der Waals surface area contributed by atoms with Crippen LogP contribution < -0.4 is 5.32 Å². The zero-order valence-electron chi connectivity index (χ0n) is 12.5. The van der Waals surface area contributed by atoms with Gasteiger partial charge in [-0.2, -0.15) is 0 Å². The highest BCUT2D eigenvalue weighted by molar-refractivity contribution is 7.90. The van der Waals surface area contributed by atoms with Crippen LogP contribution in [0.1, 0.15) is 16.8 Å². The molecule has 0 aliphatic carbocycles. The number of likely N-dealkylation sites (tertiary alicyclic amines) is 1. The van der Waals surface area contributed by atoms with Crippen molar-refractivity contribution in [3.05, 3.63) is 29.8 Å². The number of rotatable bonds is 2. The molecule has 122 valence electrons. The van der Waals surface area contributed by atoms with Crippen LogP contribution in [0.15, 0.2) is 29.2 Å². The largest absolute Gasteiger partial charge is 0.338 e. The number of fused-ring (bicyclic) bond motifs is 1. The van der Waals surface area contributed by atoms with E-state index >= 15 is 0 Å². The van der Waals surface area contributed by atoms with Crippen LogP contribution in [-0.2, 0) is 9.84 Å². The quantitative estimate of drug-likeness (QED) is 0.875. The predicted octanol–water partition coefficient (Wildman–Crippen LogP) is 1.19. The molecule has 3 rings (SSSR count). The molecule has 2 aliphatic rings. The van der Waals surface area contributed by atoms with Gasteiger partial charge < -0.3 is 10.2 Å². The minimum Gasteiger partial charge on any atom is -0.338 e. The van der Waals surface area contributed by atoms with Crippen molar-refractivity contribution in [1.29, 1.82) is 0 Å². The summed E-state index contributed by atoms with van der Waals surface area (Å²) in [4.78, 5) is 14.6. The molecule has 1 N–H and O–H groups in total. The van der Waals surface area contributed by atoms with E-state index in [4.69, 9.17) is 0 Å². The summed E-state index contributed by atoms with van der Waals surface area (Å²) in [6, 6.07) is 6.23. The highest BCUT2D eigenvalue weighted by Crippen LogP contribution is 2.27. The van der Waals surface area contributed by atoms with Gasteiger partial charge in [-0.3, -0.25) is 4.79 Å². The predicted molar refractivity (Wildman–Crippen MR) is 87.2 cm³/mol. The molecule has 0 spiro atoms. The van der Waals surface area contributed by atoms with Crippen molar-refractivity contribution in [1.82, 2.24) is 10.2 Å². The number of carbonyl (C=O) groups excluding carboxylic acids is 1. The van der Waals surface area contributed by atoms with Crippen molar-refractivity contribution < 1.29 is 13.2 Å². The SMILES string of the molecule is CS(=O)(=O)c1ccc(C(=O)N2CCC3CNCC3C2)cc1.Cl. The van der Waals surface area contributed by atoms with Gasteiger partial charge in [0.25, 0.3) is 5.91 Å². The minimum absolute atomic E-state index is 0. The number of sulfone groups is 1. The van der Waals surface area contributed by atoms with Gasteiger partial charge in [0.1, 0.15) is 0 Å². The molecule has 2 atom stereocenters. The number of benzene rings is 1. The molecule has 1 amide bonds. The maximum absolute atomic E-state index is 12.5. The Balaban J connectivity index is 0.00000176. The molecule has 22 heavy (non-hydrogen) atoms. The van der Waals surface area contributed by atoms with E-state index in [0.717, 1.165) is 32.6 Å². The van der Waals surface area contributed by atoms with Crippen molar-refractivity contribution >= 4 is 28.2 Å². The van der Waals surface area contributed by atoms with Gasteiger partial charge in [0.2, 0.25) is 0 Å². The Morgan fingerprint density at radius 3 is 2.45 bits per heavy atom. The lowest BCUT2D eigenvalue weighted by molar-refractivity contribution is 0.0642. The summed E-state index contributed by atoms with van der Waals surface area (Å²) in [7, 11) is -3.22. The Kier molecular flexibility index (Phi) is 5.14. The second-order valence-corrected chi connectivity index (χ2v) is 8.03. The van der Waals surface area contributed by atoms with Gasteiger partial charge in [0.15, 0.2) is 9.84 Å². The smallest absolute Gasteiger partial charge is 0.253 e. The molecule has 1 aromatic rings. The van der Waals surface area contributed by atoms with Gasteiger partial charge in [0.05, 0.1) is 4.90 Å². The Morgan fingerprint density at radius 2 is 1.82 bits per heavy atom. The standard InChI is InChI=1S/C15H20N2O3S.ClH/c1-21(19,20)14-4-2-11(3-5-14)15(18)17-7-6-12-8-16-9-13(12)10-17;/h2-5,12-13,16H,6-10H2,1H3;1H. The van der Waals surface area contributed by atoms with Crippen LogP contribution in [0, 0.1) is 11.8 Å². The number of piperidine rings is 1. The normalized spacial score (nSPS) is 24.5. The second-order valence-electron chi connectivity index (χ2n) is 6.01. The molecule has 2 heterocycles. The first-order valence-corrected chi connectivity index (χ1v) is 9.14. The van der Waals surface area contributed by atoms with Crippen LogP contribution in [-0.4, -0.2) is 51.7 Å². The first-order chi connectivity index (χ1) is 9.95. The molecular formula is C15H21ClN2O3S. The summed E-state index contributed by atoms with van der Waals surface area (Å²) >= 11 is 0. The van der Waals surface area contributed by atoms with Gasteiger partial charge >= 0.3 is 0 Å². The topological polar surface area (TPSA) is 66.5 Å². The zero-order chi connectivity index (χ0) is 15.0. The van der Waals surface area contributed by atoms with E-state index in [2.05, 4.69) is 5.32 Å². The van der Waals surface area contributed by atoms with Gasteiger partial charge in [-0.05, 0) is 55.6 Å². The van der Waals surface area contributed by atoms with E-state index < -0.39 is 9.84 Å². The van der Waals surface area contributed by atoms with E-state index in [-0.39, 0.29) is 23.2 Å². The van der Waals surface area contributed by atoms with Gasteiger partial charge in [0, 0.05) is 24.9 Å². The van der Waals surface area contributed by atoms with Gasteiger partial charge in [-0.25, -0.2) is 8.42 Å². The minimum atomic E-state index is -3.22. The monoisotopic (exact) mass is 344 g/mol. The third-order valence-corrected chi connectivity index (χ3v) is 5.65. The van der Waals surface area contributed by atoms with Crippen LogP contribution >= 0.6 is 12.4 Å². The number of hydrogen-bond donors (Lipinski definition) is 1. The zero-order valence-corrected chi connectivity index (χ0v) is 14.1. The summed E-state index contributed by atoms with van der Waals surface area (Å²) in [5.74, 6) is 1.25. The molecule has 2 saturated heterocycles. The summed E-state index contributed by atoms with van der Waals surface area (Å²) in [5, 5.41) is 3.38. The lowest BCUT2D eigenvalue weighted by atomic mass is 9.88. The van der Waals surface area contributed by atoms with Crippen LogP contribution in [0.5, 0.6) is 0 Å². The highest BCUT2D eigenvalue weighted by Gasteiger charge is 2.34. The van der Waals surface area contributed by atoms with Crippen molar-refractivity contribution in [2.75, 3.05) is 32.4 Å². The Hall–Kier alpha value is -1.11. The number of nitrogens with zero attached hydrogens (tertiary/aromatic N) is 1. The first kappa shape index (κ1) is 17.2. The molecular weight excluding hydrogens is 324 g/mol. The summed E-state index contributed by atoms with van der Waals surface area (Å²) in [5.41, 5.74) is 0.562. The number of halogens is 1. The number of amides is 1. The number of hydrogen-bond acceptors (Lipinski definition) is 4. The maximum Gasteiger partial charge on any atom is 0.253 e. The lowest BCUT2D eigenvalue weighted by Gasteiger charge is -2.34. The average Bonchev–Trinajstić information content (AvgIpc) is 2.93. The van der Waals surface area contributed by atoms with E-state index in [1.54, 1.807) is 12.1 Å². The van der Waals surface area contributed by atoms with Crippen LogP contribution in [0.25, 0.3) is 0 Å². The summed E-state index contributed by atoms with van der Waals surface area (Å²) in [6.45, 7) is 3.64. The molecule has 0 aromatic heterocycles. The molecule has 2 fully saturated rings. The molecule has 2 unspecified atom stereocenters. The Morgan fingerprint density at radius 1 is 1.18 bits per heavy atom. The molecule has 5 nitrogen and oxygen atoms in total. The third kappa shape index (κ3) is 3.45. The molecule has 0 saturated carbocycles. The van der Waals surface area contributed by atoms with E-state index in [9.17, 15) is 13.2 Å². The van der Waals surface area contributed by atoms with Crippen LogP contribution in [0.4, 0.5) is 0 Å². The number of carbonyl (C=O) groups is 1. The van der Waals surface area contributed by atoms with Gasteiger partial charge in [-0.15, -0.1) is 12.4 Å². The molecule has 1 aromatic carbocycles. The summed E-state index contributed by atoms with van der Waals surface area (Å²) in [6.07, 6.45) is 2.21. The van der Waals surface area contributed by atoms with Gasteiger partial charge in [-0.1, -0.05) is 0 Å². The fourth-order valence-electron chi connectivity index (χ4n) is 3.25. The van der Waals surface area contributed by atoms with Crippen molar-refractivity contribution in [3.8, 4) is 0 Å². The van der Waals surface area contributed by atoms with E-state index in [1.165, 1.54) is 18.4 Å². The Bertz CT molecular complexity index is 645. The number of nitrogens with one attached hydrogen (secondary N) is 1.